The zero-order chi connectivity index (χ0) is 12.3. The van der Waals surface area contributed by atoms with Crippen LogP contribution in [0.2, 0.25) is 0 Å². The minimum absolute atomic E-state index is 0.0418. The summed E-state index contributed by atoms with van der Waals surface area (Å²) in [7, 11) is 0. The number of nitrogens with zero attached hydrogens (tertiary/aromatic N) is 2. The Morgan fingerprint density at radius 3 is 2.59 bits per heavy atom. The van der Waals surface area contributed by atoms with E-state index in [-0.39, 0.29) is 5.95 Å². The molecular weight excluding hydrogens is 225 g/mol. The van der Waals surface area contributed by atoms with E-state index in [4.69, 9.17) is 0 Å². The smallest absolute Gasteiger partial charge is 0.264 e. The van der Waals surface area contributed by atoms with Gasteiger partial charge in [-0.3, -0.25) is 10.1 Å². The number of carbonyl (C=O) groups is 1. The van der Waals surface area contributed by atoms with Crippen molar-refractivity contribution in [2.24, 2.45) is 0 Å². The molecule has 1 amide bonds. The van der Waals surface area contributed by atoms with Gasteiger partial charge in [-0.1, -0.05) is 6.07 Å². The van der Waals surface area contributed by atoms with Crippen LogP contribution in [0, 0.1) is 5.82 Å². The van der Waals surface area contributed by atoms with Gasteiger partial charge >= 0.3 is 0 Å². The van der Waals surface area contributed by atoms with E-state index in [1.54, 1.807) is 6.07 Å². The minimum atomic E-state index is -0.807. The standard InChI is InChI=1S/C11H8FN3O2/c12-7-3-1-4-8(16)9(7)10(17)15-11-13-5-2-6-14-11/h1-6,16H,(H,13,14,15,17). The molecule has 0 atom stereocenters. The summed E-state index contributed by atoms with van der Waals surface area (Å²) in [5.41, 5.74) is -0.431. The van der Waals surface area contributed by atoms with Crippen LogP contribution in [-0.2, 0) is 0 Å². The van der Waals surface area contributed by atoms with Gasteiger partial charge in [0.25, 0.3) is 5.91 Å². The summed E-state index contributed by atoms with van der Waals surface area (Å²) >= 11 is 0. The van der Waals surface area contributed by atoms with Crippen LogP contribution in [0.15, 0.2) is 36.7 Å². The predicted octanol–water partition coefficient (Wildman–Crippen LogP) is 1.57. The van der Waals surface area contributed by atoms with Gasteiger partial charge in [0, 0.05) is 12.4 Å². The van der Waals surface area contributed by atoms with E-state index in [1.807, 2.05) is 0 Å². The van der Waals surface area contributed by atoms with Crippen LogP contribution < -0.4 is 5.32 Å². The lowest BCUT2D eigenvalue weighted by Gasteiger charge is -2.05. The molecule has 0 saturated carbocycles. The number of hydrogen-bond acceptors (Lipinski definition) is 4. The topological polar surface area (TPSA) is 75.1 Å². The maximum atomic E-state index is 13.3. The molecule has 2 N–H and O–H groups in total. The molecule has 1 aromatic carbocycles. The molecule has 17 heavy (non-hydrogen) atoms. The summed E-state index contributed by atoms with van der Waals surface area (Å²) in [6, 6.07) is 5.20. The SMILES string of the molecule is O=C(Nc1ncccn1)c1c(O)cccc1F. The molecule has 1 heterocycles. The first-order chi connectivity index (χ1) is 8.18. The summed E-state index contributed by atoms with van der Waals surface area (Å²) in [5.74, 6) is -2.00. The number of hydrogen-bond donors (Lipinski definition) is 2. The molecule has 0 unspecified atom stereocenters. The Balaban J connectivity index is 2.27. The fourth-order valence-corrected chi connectivity index (χ4v) is 1.27. The van der Waals surface area contributed by atoms with Gasteiger partial charge in [-0.25, -0.2) is 14.4 Å². The van der Waals surface area contributed by atoms with Gasteiger partial charge in [0.15, 0.2) is 0 Å². The van der Waals surface area contributed by atoms with E-state index in [0.717, 1.165) is 6.07 Å². The van der Waals surface area contributed by atoms with Crippen molar-refractivity contribution in [3.8, 4) is 5.75 Å². The van der Waals surface area contributed by atoms with Crippen LogP contribution in [-0.4, -0.2) is 21.0 Å². The van der Waals surface area contributed by atoms with E-state index < -0.39 is 23.0 Å². The summed E-state index contributed by atoms with van der Waals surface area (Å²) < 4.78 is 13.3. The van der Waals surface area contributed by atoms with Crippen molar-refractivity contribution >= 4 is 11.9 Å². The summed E-state index contributed by atoms with van der Waals surface area (Å²) in [6.45, 7) is 0. The second kappa shape index (κ2) is 4.56. The summed E-state index contributed by atoms with van der Waals surface area (Å²) in [4.78, 5) is 19.2. The molecule has 2 aromatic rings. The van der Waals surface area contributed by atoms with E-state index >= 15 is 0 Å². The van der Waals surface area contributed by atoms with Gasteiger partial charge in [-0.2, -0.15) is 0 Å². The average molecular weight is 233 g/mol. The van der Waals surface area contributed by atoms with Crippen molar-refractivity contribution in [3.05, 3.63) is 48.0 Å². The predicted molar refractivity (Wildman–Crippen MR) is 58.1 cm³/mol. The highest BCUT2D eigenvalue weighted by atomic mass is 19.1. The van der Waals surface area contributed by atoms with Crippen LogP contribution in [0.3, 0.4) is 0 Å². The molecule has 0 aliphatic rings. The Morgan fingerprint density at radius 2 is 1.94 bits per heavy atom. The van der Waals surface area contributed by atoms with Gasteiger partial charge in [0.2, 0.25) is 5.95 Å². The molecule has 0 spiro atoms. The number of benzene rings is 1. The molecular formula is C11H8FN3O2. The third-order valence-corrected chi connectivity index (χ3v) is 2.01. The molecule has 0 saturated heterocycles. The largest absolute Gasteiger partial charge is 0.507 e. The molecule has 5 nitrogen and oxygen atoms in total. The van der Waals surface area contributed by atoms with Gasteiger partial charge < -0.3 is 5.11 Å². The summed E-state index contributed by atoms with van der Waals surface area (Å²) in [6.07, 6.45) is 2.87. The van der Waals surface area contributed by atoms with E-state index in [9.17, 15) is 14.3 Å². The van der Waals surface area contributed by atoms with Gasteiger partial charge in [-0.05, 0) is 18.2 Å². The maximum absolute atomic E-state index is 13.3. The highest BCUT2D eigenvalue weighted by molar-refractivity contribution is 6.05. The van der Waals surface area contributed by atoms with Crippen molar-refractivity contribution in [1.29, 1.82) is 0 Å². The van der Waals surface area contributed by atoms with Crippen molar-refractivity contribution in [1.82, 2.24) is 9.97 Å². The molecule has 0 aliphatic carbocycles. The van der Waals surface area contributed by atoms with Crippen molar-refractivity contribution in [3.63, 3.8) is 0 Å². The van der Waals surface area contributed by atoms with E-state index in [2.05, 4.69) is 15.3 Å². The normalized spacial score (nSPS) is 9.94. The van der Waals surface area contributed by atoms with Crippen LogP contribution in [0.25, 0.3) is 0 Å². The number of rotatable bonds is 2. The zero-order valence-corrected chi connectivity index (χ0v) is 8.59. The summed E-state index contributed by atoms with van der Waals surface area (Å²) in [5, 5.41) is 11.7. The Labute approximate surface area is 96.0 Å². The second-order valence-electron chi connectivity index (χ2n) is 3.16. The number of phenols is 1. The first kappa shape index (κ1) is 11.0. The Bertz CT molecular complexity index is 525. The monoisotopic (exact) mass is 233 g/mol. The van der Waals surface area contributed by atoms with Crippen LogP contribution in [0.5, 0.6) is 5.75 Å². The fourth-order valence-electron chi connectivity index (χ4n) is 1.27. The number of carbonyl (C=O) groups excluding carboxylic acids is 1. The molecule has 1 aromatic heterocycles. The first-order valence-corrected chi connectivity index (χ1v) is 4.74. The van der Waals surface area contributed by atoms with Crippen LogP contribution in [0.4, 0.5) is 10.3 Å². The van der Waals surface area contributed by atoms with Crippen molar-refractivity contribution in [2.75, 3.05) is 5.32 Å². The Kier molecular flexibility index (Phi) is 2.95. The minimum Gasteiger partial charge on any atom is -0.507 e. The lowest BCUT2D eigenvalue weighted by molar-refractivity contribution is 0.101. The number of halogens is 1. The van der Waals surface area contributed by atoms with Crippen LogP contribution in [0.1, 0.15) is 10.4 Å². The highest BCUT2D eigenvalue weighted by Gasteiger charge is 2.17. The molecule has 6 heteroatoms. The molecule has 2 rings (SSSR count). The Morgan fingerprint density at radius 1 is 1.24 bits per heavy atom. The molecule has 0 aliphatic heterocycles. The first-order valence-electron chi connectivity index (χ1n) is 4.74. The maximum Gasteiger partial charge on any atom is 0.264 e. The fraction of sp³-hybridized carbons (Fsp3) is 0. The second-order valence-corrected chi connectivity index (χ2v) is 3.16. The number of aromatic hydroxyl groups is 1. The Hall–Kier alpha value is -2.50. The number of nitrogens with one attached hydrogen (secondary N) is 1. The number of anilines is 1. The van der Waals surface area contributed by atoms with E-state index in [0.29, 0.717) is 0 Å². The third kappa shape index (κ3) is 2.36. The van der Waals surface area contributed by atoms with Gasteiger partial charge in [0.05, 0.1) is 0 Å². The zero-order valence-electron chi connectivity index (χ0n) is 8.59. The molecule has 0 bridgehead atoms. The van der Waals surface area contributed by atoms with Gasteiger partial charge in [-0.15, -0.1) is 0 Å². The third-order valence-electron chi connectivity index (χ3n) is 2.01. The van der Waals surface area contributed by atoms with E-state index in [1.165, 1.54) is 24.5 Å². The van der Waals surface area contributed by atoms with Crippen molar-refractivity contribution < 1.29 is 14.3 Å². The number of amides is 1. The molecule has 0 fully saturated rings. The van der Waals surface area contributed by atoms with Gasteiger partial charge in [0.1, 0.15) is 17.1 Å². The lowest BCUT2D eigenvalue weighted by atomic mass is 10.2. The quantitative estimate of drug-likeness (QED) is 0.825. The number of phenolic OH excluding ortho intramolecular Hbond substituents is 1. The molecule has 0 radical (unpaired) electrons. The van der Waals surface area contributed by atoms with Crippen molar-refractivity contribution in [2.45, 2.75) is 0 Å². The average Bonchev–Trinajstić information content (AvgIpc) is 2.30. The lowest BCUT2D eigenvalue weighted by Crippen LogP contribution is -2.15. The van der Waals surface area contributed by atoms with Crippen LogP contribution >= 0.6 is 0 Å². The molecule has 86 valence electrons. The highest BCUT2D eigenvalue weighted by Crippen LogP contribution is 2.20. The number of aromatic nitrogens is 2.